The zero-order valence-electron chi connectivity index (χ0n) is 18.3. The van der Waals surface area contributed by atoms with Gasteiger partial charge in [0.05, 0.1) is 21.2 Å². The van der Waals surface area contributed by atoms with Crippen LogP contribution in [0, 0.1) is 5.41 Å². The Morgan fingerprint density at radius 3 is 2.59 bits per heavy atom. The van der Waals surface area contributed by atoms with Crippen LogP contribution in [-0.4, -0.2) is 25.1 Å². The van der Waals surface area contributed by atoms with E-state index in [2.05, 4.69) is 15.0 Å². The Bertz CT molecular complexity index is 1450. The third kappa shape index (κ3) is 5.48. The van der Waals surface area contributed by atoms with E-state index >= 15 is 0 Å². The maximum atomic E-state index is 13.3. The maximum Gasteiger partial charge on any atom is 0.241 e. The van der Waals surface area contributed by atoms with Crippen molar-refractivity contribution >= 4 is 49.0 Å². The summed E-state index contributed by atoms with van der Waals surface area (Å²) in [5, 5.41) is 10.9. The van der Waals surface area contributed by atoms with Gasteiger partial charge in [0.25, 0.3) is 0 Å². The number of amidine groups is 1. The first-order valence-corrected chi connectivity index (χ1v) is 12.7. The Labute approximate surface area is 201 Å². The number of thiazole rings is 1. The molecule has 34 heavy (non-hydrogen) atoms. The van der Waals surface area contributed by atoms with E-state index in [1.54, 1.807) is 30.3 Å². The average Bonchev–Trinajstić information content (AvgIpc) is 3.23. The molecule has 1 heterocycles. The summed E-state index contributed by atoms with van der Waals surface area (Å²) in [5.41, 5.74) is 8.19. The minimum atomic E-state index is -3.95. The molecule has 0 saturated heterocycles. The van der Waals surface area contributed by atoms with Gasteiger partial charge in [-0.2, -0.15) is 0 Å². The summed E-state index contributed by atoms with van der Waals surface area (Å²) < 4.78 is 30.4. The van der Waals surface area contributed by atoms with Crippen molar-refractivity contribution in [2.24, 2.45) is 5.73 Å². The number of carbonyl (C=O) groups excluding carboxylic acids is 1. The number of hydrogen-bond donors (Lipinski definition) is 4. The minimum absolute atomic E-state index is 0.0300. The first kappa shape index (κ1) is 23.6. The van der Waals surface area contributed by atoms with E-state index in [9.17, 15) is 13.2 Å². The summed E-state index contributed by atoms with van der Waals surface area (Å²) in [7, 11) is -3.95. The van der Waals surface area contributed by atoms with Gasteiger partial charge in [-0.25, -0.2) is 18.1 Å². The molecule has 4 aromatic rings. The van der Waals surface area contributed by atoms with E-state index in [4.69, 9.17) is 11.1 Å². The van der Waals surface area contributed by atoms with E-state index in [0.717, 1.165) is 15.8 Å². The summed E-state index contributed by atoms with van der Waals surface area (Å²) in [4.78, 5) is 16.1. The van der Waals surface area contributed by atoms with Crippen LogP contribution in [0.4, 0.5) is 5.69 Å². The molecule has 0 fully saturated rings. The van der Waals surface area contributed by atoms with E-state index in [1.807, 2.05) is 30.3 Å². The number of nitrogen functional groups attached to an aromatic ring is 1. The Hall–Kier alpha value is -3.60. The largest absolute Gasteiger partial charge is 0.384 e. The smallest absolute Gasteiger partial charge is 0.241 e. The molecule has 8 nitrogen and oxygen atoms in total. The summed E-state index contributed by atoms with van der Waals surface area (Å²) >= 11 is 1.42. The second kappa shape index (κ2) is 9.72. The number of nitrogens with one attached hydrogen (secondary N) is 3. The molecule has 0 aliphatic heterocycles. The monoisotopic (exact) mass is 493 g/mol. The number of fused-ring (bicyclic) bond motifs is 1. The molecule has 1 atom stereocenters. The zero-order valence-corrected chi connectivity index (χ0v) is 19.9. The van der Waals surface area contributed by atoms with Crippen LogP contribution in [0.25, 0.3) is 10.2 Å². The highest BCUT2D eigenvalue weighted by atomic mass is 32.2. The average molecular weight is 494 g/mol. The number of rotatable bonds is 8. The van der Waals surface area contributed by atoms with Crippen molar-refractivity contribution in [3.8, 4) is 0 Å². The summed E-state index contributed by atoms with van der Waals surface area (Å²) in [5.74, 6) is -0.353. The van der Waals surface area contributed by atoms with Gasteiger partial charge in [0.1, 0.15) is 10.8 Å². The fourth-order valence-electron chi connectivity index (χ4n) is 3.52. The standard InChI is InChI=1S/C24H23N5O3S2/c1-15(30)27-18-8-5-9-19(14-18)34(31,32)29-21(13-16-6-4-7-17(12-16)23(25)26)24-28-20-10-2-3-11-22(20)33-24/h2-12,14,21,29H,13H2,1H3,(H3,25,26)(H,27,30)/t21-/m1/s1. The highest BCUT2D eigenvalue weighted by molar-refractivity contribution is 7.89. The van der Waals surface area contributed by atoms with Crippen molar-refractivity contribution in [2.75, 3.05) is 5.32 Å². The van der Waals surface area contributed by atoms with Crippen LogP contribution < -0.4 is 15.8 Å². The lowest BCUT2D eigenvalue weighted by Crippen LogP contribution is -2.30. The van der Waals surface area contributed by atoms with Gasteiger partial charge in [0.2, 0.25) is 15.9 Å². The quantitative estimate of drug-likeness (QED) is 0.218. The molecule has 3 aromatic carbocycles. The molecule has 1 aromatic heterocycles. The lowest BCUT2D eigenvalue weighted by Gasteiger charge is -2.18. The number of amides is 1. The number of carbonyl (C=O) groups is 1. The van der Waals surface area contributed by atoms with Gasteiger partial charge in [0.15, 0.2) is 0 Å². The number of sulfonamides is 1. The molecule has 10 heteroatoms. The fourth-order valence-corrected chi connectivity index (χ4v) is 5.86. The molecule has 0 bridgehead atoms. The van der Waals surface area contributed by atoms with Gasteiger partial charge in [-0.15, -0.1) is 11.3 Å². The number of benzene rings is 3. The number of para-hydroxylation sites is 1. The molecular formula is C24H23N5O3S2. The van der Waals surface area contributed by atoms with E-state index < -0.39 is 16.1 Å². The Balaban J connectivity index is 1.71. The van der Waals surface area contributed by atoms with Crippen LogP contribution in [0.2, 0.25) is 0 Å². The normalized spacial score (nSPS) is 12.4. The highest BCUT2D eigenvalue weighted by Gasteiger charge is 2.25. The molecule has 0 aliphatic carbocycles. The number of hydrogen-bond acceptors (Lipinski definition) is 6. The predicted molar refractivity (Wildman–Crippen MR) is 135 cm³/mol. The van der Waals surface area contributed by atoms with Gasteiger partial charge >= 0.3 is 0 Å². The van der Waals surface area contributed by atoms with Gasteiger partial charge in [-0.05, 0) is 48.4 Å². The van der Waals surface area contributed by atoms with Gasteiger partial charge in [-0.1, -0.05) is 36.4 Å². The lowest BCUT2D eigenvalue weighted by molar-refractivity contribution is -0.114. The van der Waals surface area contributed by atoms with Crippen LogP contribution in [-0.2, 0) is 21.2 Å². The van der Waals surface area contributed by atoms with Crippen molar-refractivity contribution in [3.05, 3.63) is 88.9 Å². The molecule has 0 unspecified atom stereocenters. The Kier molecular flexibility index (Phi) is 6.73. The van der Waals surface area contributed by atoms with Crippen molar-refractivity contribution in [1.29, 1.82) is 5.41 Å². The molecule has 0 radical (unpaired) electrons. The van der Waals surface area contributed by atoms with Crippen LogP contribution in [0.15, 0.2) is 77.7 Å². The minimum Gasteiger partial charge on any atom is -0.384 e. The van der Waals surface area contributed by atoms with Crippen LogP contribution >= 0.6 is 11.3 Å². The molecule has 1 amide bonds. The van der Waals surface area contributed by atoms with E-state index in [0.29, 0.717) is 22.7 Å². The number of nitrogens with zero attached hydrogens (tertiary/aromatic N) is 1. The van der Waals surface area contributed by atoms with Crippen molar-refractivity contribution in [3.63, 3.8) is 0 Å². The number of nitrogens with two attached hydrogens (primary N) is 1. The maximum absolute atomic E-state index is 13.3. The van der Waals surface area contributed by atoms with E-state index in [1.165, 1.54) is 30.4 Å². The van der Waals surface area contributed by atoms with Gasteiger partial charge in [0, 0.05) is 18.2 Å². The summed E-state index contributed by atoms with van der Waals surface area (Å²) in [6.07, 6.45) is 0.311. The second-order valence-electron chi connectivity index (χ2n) is 7.72. The Morgan fingerprint density at radius 2 is 1.85 bits per heavy atom. The third-order valence-corrected chi connectivity index (χ3v) is 7.67. The fraction of sp³-hybridized carbons (Fsp3) is 0.125. The topological polar surface area (TPSA) is 138 Å². The van der Waals surface area contributed by atoms with Crippen LogP contribution in [0.3, 0.4) is 0 Å². The summed E-state index contributed by atoms with van der Waals surface area (Å²) in [6.45, 7) is 1.36. The molecular weight excluding hydrogens is 470 g/mol. The van der Waals surface area contributed by atoms with Crippen LogP contribution in [0.5, 0.6) is 0 Å². The van der Waals surface area contributed by atoms with Crippen LogP contribution in [0.1, 0.15) is 29.1 Å². The molecule has 0 spiro atoms. The second-order valence-corrected chi connectivity index (χ2v) is 10.5. The highest BCUT2D eigenvalue weighted by Crippen LogP contribution is 2.30. The van der Waals surface area contributed by atoms with Gasteiger partial charge in [-0.3, -0.25) is 10.2 Å². The zero-order chi connectivity index (χ0) is 24.3. The van der Waals surface area contributed by atoms with Crippen molar-refractivity contribution in [1.82, 2.24) is 9.71 Å². The SMILES string of the molecule is CC(=O)Nc1cccc(S(=O)(=O)N[C@H](Cc2cccc(C(=N)N)c2)c2nc3ccccc3s2)c1. The lowest BCUT2D eigenvalue weighted by atomic mass is 10.0. The molecule has 0 saturated carbocycles. The van der Waals surface area contributed by atoms with E-state index in [-0.39, 0.29) is 16.6 Å². The first-order chi connectivity index (χ1) is 16.2. The Morgan fingerprint density at radius 1 is 1.09 bits per heavy atom. The van der Waals surface area contributed by atoms with Crippen molar-refractivity contribution in [2.45, 2.75) is 24.3 Å². The van der Waals surface area contributed by atoms with Crippen molar-refractivity contribution < 1.29 is 13.2 Å². The van der Waals surface area contributed by atoms with Gasteiger partial charge < -0.3 is 11.1 Å². The molecule has 5 N–H and O–H groups in total. The third-order valence-electron chi connectivity index (χ3n) is 5.05. The molecule has 4 rings (SSSR count). The summed E-state index contributed by atoms with van der Waals surface area (Å²) in [6, 6.07) is 20.2. The molecule has 0 aliphatic rings. The first-order valence-electron chi connectivity index (χ1n) is 10.4. The number of anilines is 1. The predicted octanol–water partition coefficient (Wildman–Crippen LogP) is 3.80. The number of aromatic nitrogens is 1. The molecule has 174 valence electrons.